The molecule has 2 aliphatic heterocycles. The average molecular weight is 485 g/mol. The number of likely N-dealkylation sites (tertiary alicyclic amines) is 1. The lowest BCUT2D eigenvalue weighted by Crippen LogP contribution is -3.15. The molecule has 1 N–H and O–H groups in total. The molecule has 0 radical (unpaired) electrons. The molecule has 0 atom stereocenters. The maximum absolute atomic E-state index is 13.5. The first-order valence-corrected chi connectivity index (χ1v) is 12.6. The summed E-state index contributed by atoms with van der Waals surface area (Å²) in [4.78, 5) is 31.7. The maximum Gasteiger partial charge on any atom is 0.257 e. The summed E-state index contributed by atoms with van der Waals surface area (Å²) in [6, 6.07) is 24.3. The number of carbonyl (C=O) groups is 2. The molecule has 0 spiro atoms. The predicted octanol–water partition coefficient (Wildman–Crippen LogP) is 3.29. The second kappa shape index (κ2) is 8.99. The molecule has 0 bridgehead atoms. The molecule has 2 amide bonds. The highest BCUT2D eigenvalue weighted by Crippen LogP contribution is 2.47. The molecule has 0 aromatic heterocycles. The van der Waals surface area contributed by atoms with Gasteiger partial charge in [0.25, 0.3) is 5.91 Å². The van der Waals surface area contributed by atoms with Gasteiger partial charge in [-0.3, -0.25) is 14.5 Å². The van der Waals surface area contributed by atoms with Crippen molar-refractivity contribution in [3.63, 3.8) is 0 Å². The van der Waals surface area contributed by atoms with E-state index in [2.05, 4.69) is 35.2 Å². The van der Waals surface area contributed by atoms with E-state index in [1.807, 2.05) is 42.5 Å². The zero-order valence-electron chi connectivity index (χ0n) is 19.5. The van der Waals surface area contributed by atoms with Gasteiger partial charge in [-0.05, 0) is 46.0 Å². The van der Waals surface area contributed by atoms with Crippen LogP contribution in [0.3, 0.4) is 0 Å². The minimum atomic E-state index is -0.131. The van der Waals surface area contributed by atoms with Crippen molar-refractivity contribution in [2.24, 2.45) is 0 Å². The number of piperazine rings is 1. The van der Waals surface area contributed by atoms with Gasteiger partial charge in [0.05, 0.1) is 45.7 Å². The third kappa shape index (κ3) is 3.95. The third-order valence-electron chi connectivity index (χ3n) is 7.45. The smallest absolute Gasteiger partial charge is 0.257 e. The van der Waals surface area contributed by atoms with Gasteiger partial charge in [-0.25, -0.2) is 0 Å². The Labute approximate surface area is 210 Å². The number of fused-ring (bicyclic) bond motifs is 3. The Hall–Kier alpha value is -3.41. The maximum atomic E-state index is 13.5. The van der Waals surface area contributed by atoms with E-state index in [4.69, 9.17) is 11.6 Å². The Balaban J connectivity index is 1.16. The van der Waals surface area contributed by atoms with Crippen molar-refractivity contribution < 1.29 is 14.5 Å². The molecule has 3 aliphatic rings. The Morgan fingerprint density at radius 2 is 1.43 bits per heavy atom. The Bertz CT molecular complexity index is 1310. The number of imide groups is 1. The molecule has 2 saturated heterocycles. The van der Waals surface area contributed by atoms with E-state index < -0.39 is 0 Å². The fourth-order valence-electron chi connectivity index (χ4n) is 5.64. The van der Waals surface area contributed by atoms with Crippen LogP contribution in [0.2, 0.25) is 5.02 Å². The summed E-state index contributed by atoms with van der Waals surface area (Å²) in [6.45, 7) is 5.04. The van der Waals surface area contributed by atoms with Crippen LogP contribution in [-0.4, -0.2) is 56.0 Å². The van der Waals surface area contributed by atoms with Crippen molar-refractivity contribution in [2.45, 2.75) is 6.42 Å². The Kier molecular flexibility index (Phi) is 5.67. The normalized spacial score (nSPS) is 17.9. The van der Waals surface area contributed by atoms with Crippen molar-refractivity contribution in [3.05, 3.63) is 94.5 Å². The largest absolute Gasteiger partial charge is 0.360 e. The summed E-state index contributed by atoms with van der Waals surface area (Å²) >= 11 is 6.15. The van der Waals surface area contributed by atoms with Crippen LogP contribution in [0.25, 0.3) is 16.7 Å². The molecule has 1 aliphatic carbocycles. The van der Waals surface area contributed by atoms with Gasteiger partial charge in [0, 0.05) is 16.3 Å². The van der Waals surface area contributed by atoms with Gasteiger partial charge in [-0.15, -0.1) is 0 Å². The molecule has 0 saturated carbocycles. The standard InChI is InChI=1S/C29H26ClN3O2/c30-20-6-5-7-21(18-20)32-15-12-31(13-16-32)14-17-33-27(34)19-26(29(33)35)28-24-10-3-1-8-22(24)23-9-2-4-11-25(23)28/h1-11,18H,12-17,19H2/p+1. The number of anilines is 1. The number of nitrogens with one attached hydrogen (secondary N) is 1. The third-order valence-corrected chi connectivity index (χ3v) is 7.69. The molecular weight excluding hydrogens is 458 g/mol. The van der Waals surface area contributed by atoms with E-state index in [-0.39, 0.29) is 18.2 Å². The molecule has 176 valence electrons. The van der Waals surface area contributed by atoms with Crippen molar-refractivity contribution in [1.29, 1.82) is 0 Å². The summed E-state index contributed by atoms with van der Waals surface area (Å²) in [6.07, 6.45) is 0.175. The minimum absolute atomic E-state index is 0.0867. The van der Waals surface area contributed by atoms with Crippen molar-refractivity contribution in [3.8, 4) is 11.1 Å². The second-order valence-electron chi connectivity index (χ2n) is 9.44. The van der Waals surface area contributed by atoms with Gasteiger partial charge in [-0.2, -0.15) is 0 Å². The highest BCUT2D eigenvalue weighted by molar-refractivity contribution is 6.30. The van der Waals surface area contributed by atoms with Crippen LogP contribution in [0, 0.1) is 0 Å². The highest BCUT2D eigenvalue weighted by Gasteiger charge is 2.39. The summed E-state index contributed by atoms with van der Waals surface area (Å²) in [5.74, 6) is -0.218. The molecular formula is C29H27ClN3O2+. The number of hydrogen-bond donors (Lipinski definition) is 1. The fourth-order valence-corrected chi connectivity index (χ4v) is 5.82. The van der Waals surface area contributed by atoms with Crippen LogP contribution in [-0.2, 0) is 9.59 Å². The summed E-state index contributed by atoms with van der Waals surface area (Å²) in [7, 11) is 0. The Morgan fingerprint density at radius 3 is 2.06 bits per heavy atom. The topological polar surface area (TPSA) is 45.1 Å². The fraction of sp³-hybridized carbons (Fsp3) is 0.241. The lowest BCUT2D eigenvalue weighted by Gasteiger charge is -2.34. The first-order valence-electron chi connectivity index (χ1n) is 12.2. The van der Waals surface area contributed by atoms with Crippen LogP contribution in [0.15, 0.2) is 78.4 Å². The number of hydrogen-bond acceptors (Lipinski definition) is 3. The monoisotopic (exact) mass is 484 g/mol. The zero-order chi connectivity index (χ0) is 23.9. The van der Waals surface area contributed by atoms with Gasteiger partial charge in [0.2, 0.25) is 5.91 Å². The van der Waals surface area contributed by atoms with Gasteiger partial charge in [0.15, 0.2) is 0 Å². The first kappa shape index (κ1) is 22.1. The SMILES string of the molecule is O=C1CC(=C2c3ccccc3-c3ccccc32)C(=O)N1CC[NH+]1CCN(c2cccc(Cl)c2)CC1. The van der Waals surface area contributed by atoms with Crippen LogP contribution in [0.4, 0.5) is 5.69 Å². The number of halogens is 1. The van der Waals surface area contributed by atoms with E-state index in [0.717, 1.165) is 71.3 Å². The van der Waals surface area contributed by atoms with E-state index in [1.165, 1.54) is 9.80 Å². The molecule has 0 unspecified atom stereocenters. The molecule has 3 aromatic rings. The lowest BCUT2D eigenvalue weighted by molar-refractivity contribution is -0.899. The molecule has 35 heavy (non-hydrogen) atoms. The van der Waals surface area contributed by atoms with Crippen LogP contribution in [0.5, 0.6) is 0 Å². The summed E-state index contributed by atoms with van der Waals surface area (Å²) in [5, 5.41) is 0.751. The second-order valence-corrected chi connectivity index (χ2v) is 9.88. The molecule has 2 fully saturated rings. The van der Waals surface area contributed by atoms with E-state index in [1.54, 1.807) is 0 Å². The number of carbonyl (C=O) groups excluding carboxylic acids is 2. The Morgan fingerprint density at radius 1 is 0.800 bits per heavy atom. The minimum Gasteiger partial charge on any atom is -0.360 e. The van der Waals surface area contributed by atoms with Crippen molar-refractivity contribution in [2.75, 3.05) is 44.2 Å². The number of amides is 2. The van der Waals surface area contributed by atoms with Crippen molar-refractivity contribution >= 4 is 34.7 Å². The van der Waals surface area contributed by atoms with Gasteiger partial charge >= 0.3 is 0 Å². The molecule has 2 heterocycles. The zero-order valence-corrected chi connectivity index (χ0v) is 20.2. The highest BCUT2D eigenvalue weighted by atomic mass is 35.5. The summed E-state index contributed by atoms with van der Waals surface area (Å²) < 4.78 is 0. The van der Waals surface area contributed by atoms with Crippen molar-refractivity contribution in [1.82, 2.24) is 4.90 Å². The van der Waals surface area contributed by atoms with Crippen LogP contribution < -0.4 is 9.80 Å². The molecule has 6 rings (SSSR count). The predicted molar refractivity (Wildman–Crippen MR) is 138 cm³/mol. The molecule has 5 nitrogen and oxygen atoms in total. The summed E-state index contributed by atoms with van der Waals surface area (Å²) in [5.41, 5.74) is 7.07. The quantitative estimate of drug-likeness (QED) is 0.357. The number of rotatable bonds is 4. The van der Waals surface area contributed by atoms with E-state index in [9.17, 15) is 9.59 Å². The number of quaternary nitrogens is 1. The first-order chi connectivity index (χ1) is 17.1. The number of nitrogens with zero attached hydrogens (tertiary/aromatic N) is 2. The van der Waals surface area contributed by atoms with Gasteiger partial charge in [-0.1, -0.05) is 66.2 Å². The van der Waals surface area contributed by atoms with Gasteiger partial charge in [0.1, 0.15) is 0 Å². The molecule has 6 heteroatoms. The number of benzene rings is 3. The van der Waals surface area contributed by atoms with Crippen LogP contribution >= 0.6 is 11.6 Å². The molecule has 3 aromatic carbocycles. The average Bonchev–Trinajstić information content (AvgIpc) is 3.36. The van der Waals surface area contributed by atoms with E-state index >= 15 is 0 Å². The van der Waals surface area contributed by atoms with Crippen LogP contribution in [0.1, 0.15) is 17.5 Å². The van der Waals surface area contributed by atoms with Gasteiger partial charge < -0.3 is 9.80 Å². The lowest BCUT2D eigenvalue weighted by atomic mass is 9.97. The van der Waals surface area contributed by atoms with E-state index in [0.29, 0.717) is 12.1 Å².